The third kappa shape index (κ3) is 2.48. The van der Waals surface area contributed by atoms with Crippen LogP contribution in [0.25, 0.3) is 0 Å². The van der Waals surface area contributed by atoms with Gasteiger partial charge in [-0.2, -0.15) is 0 Å². The Balaban J connectivity index is 2.40. The average molecular weight is 251 g/mol. The van der Waals surface area contributed by atoms with E-state index in [4.69, 9.17) is 11.6 Å². The van der Waals surface area contributed by atoms with E-state index in [1.165, 1.54) is 12.1 Å². The van der Waals surface area contributed by atoms with Crippen molar-refractivity contribution >= 4 is 11.6 Å². The van der Waals surface area contributed by atoms with Gasteiger partial charge in [-0.15, -0.1) is 0 Å². The van der Waals surface area contributed by atoms with E-state index in [1.807, 2.05) is 31.2 Å². The zero-order valence-electron chi connectivity index (χ0n) is 9.32. The second-order valence-corrected chi connectivity index (χ2v) is 4.34. The summed E-state index contributed by atoms with van der Waals surface area (Å²) in [6.45, 7) is 1.92. The van der Waals surface area contributed by atoms with Crippen molar-refractivity contribution in [1.82, 2.24) is 0 Å². The van der Waals surface area contributed by atoms with Crippen LogP contribution in [-0.4, -0.2) is 5.11 Å². The Labute approximate surface area is 104 Å². The predicted octanol–water partition coefficient (Wildman–Crippen LogP) is 3.87. The lowest BCUT2D eigenvalue weighted by molar-refractivity contribution is 0.219. The Kier molecular flexibility index (Phi) is 3.46. The average Bonchev–Trinajstić information content (AvgIpc) is 2.32. The molecule has 0 fully saturated rings. The topological polar surface area (TPSA) is 20.2 Å². The number of hydrogen-bond acceptors (Lipinski definition) is 1. The maximum absolute atomic E-state index is 13.0. The number of hydrogen-bond donors (Lipinski definition) is 1. The van der Waals surface area contributed by atoms with E-state index in [9.17, 15) is 9.50 Å². The molecule has 0 heterocycles. The minimum Gasteiger partial charge on any atom is -0.384 e. The molecular formula is C14H12ClFO. The molecule has 0 saturated heterocycles. The van der Waals surface area contributed by atoms with Gasteiger partial charge in [0.2, 0.25) is 0 Å². The van der Waals surface area contributed by atoms with Gasteiger partial charge in [0.25, 0.3) is 0 Å². The summed E-state index contributed by atoms with van der Waals surface area (Å²) in [7, 11) is 0. The molecule has 17 heavy (non-hydrogen) atoms. The zero-order valence-corrected chi connectivity index (χ0v) is 10.1. The number of rotatable bonds is 2. The molecule has 1 atom stereocenters. The van der Waals surface area contributed by atoms with Crippen LogP contribution in [0.1, 0.15) is 22.8 Å². The third-order valence-electron chi connectivity index (χ3n) is 2.74. The van der Waals surface area contributed by atoms with E-state index < -0.39 is 11.9 Å². The molecule has 0 bridgehead atoms. The lowest BCUT2D eigenvalue weighted by Crippen LogP contribution is -2.02. The fraction of sp³-hybridized carbons (Fsp3) is 0.143. The number of benzene rings is 2. The molecule has 0 amide bonds. The van der Waals surface area contributed by atoms with Gasteiger partial charge in [0, 0.05) is 0 Å². The van der Waals surface area contributed by atoms with Crippen LogP contribution in [0.15, 0.2) is 42.5 Å². The first kappa shape index (κ1) is 12.1. The minimum absolute atomic E-state index is 0.0233. The minimum atomic E-state index is -0.783. The standard InChI is InChI=1S/C14H12ClFO/c1-9-4-2-3-5-11(9)14(17)10-6-7-13(16)12(15)8-10/h2-8,14,17H,1H3. The molecule has 0 aliphatic rings. The van der Waals surface area contributed by atoms with E-state index in [-0.39, 0.29) is 5.02 Å². The number of halogens is 2. The van der Waals surface area contributed by atoms with Crippen molar-refractivity contribution in [2.75, 3.05) is 0 Å². The SMILES string of the molecule is Cc1ccccc1C(O)c1ccc(F)c(Cl)c1. The number of aliphatic hydroxyl groups is 1. The van der Waals surface area contributed by atoms with Gasteiger partial charge in [-0.1, -0.05) is 41.9 Å². The van der Waals surface area contributed by atoms with Gasteiger partial charge in [0.05, 0.1) is 5.02 Å². The summed E-state index contributed by atoms with van der Waals surface area (Å²) < 4.78 is 13.0. The molecular weight excluding hydrogens is 239 g/mol. The highest BCUT2D eigenvalue weighted by Crippen LogP contribution is 2.27. The summed E-state index contributed by atoms with van der Waals surface area (Å²) in [5.74, 6) is -0.479. The molecule has 0 spiro atoms. The van der Waals surface area contributed by atoms with Crippen LogP contribution in [-0.2, 0) is 0 Å². The second-order valence-electron chi connectivity index (χ2n) is 3.93. The Hall–Kier alpha value is -1.38. The molecule has 88 valence electrons. The van der Waals surface area contributed by atoms with Gasteiger partial charge in [-0.25, -0.2) is 4.39 Å². The second kappa shape index (κ2) is 4.86. The van der Waals surface area contributed by atoms with Gasteiger partial charge in [-0.05, 0) is 35.7 Å². The fourth-order valence-electron chi connectivity index (χ4n) is 1.76. The molecule has 2 aromatic rings. The van der Waals surface area contributed by atoms with E-state index in [2.05, 4.69) is 0 Å². The Bertz CT molecular complexity index is 539. The number of aliphatic hydroxyl groups excluding tert-OH is 1. The summed E-state index contributed by atoms with van der Waals surface area (Å²) >= 11 is 5.70. The van der Waals surface area contributed by atoms with Crippen LogP contribution >= 0.6 is 11.6 Å². The zero-order chi connectivity index (χ0) is 12.4. The normalized spacial score (nSPS) is 12.5. The summed E-state index contributed by atoms with van der Waals surface area (Å²) in [4.78, 5) is 0. The van der Waals surface area contributed by atoms with Crippen LogP contribution in [0.2, 0.25) is 5.02 Å². The van der Waals surface area contributed by atoms with Crippen molar-refractivity contribution < 1.29 is 9.50 Å². The lowest BCUT2D eigenvalue weighted by atomic mass is 9.98. The number of aryl methyl sites for hydroxylation is 1. The molecule has 1 nitrogen and oxygen atoms in total. The molecule has 2 rings (SSSR count). The molecule has 0 radical (unpaired) electrons. The molecule has 0 aliphatic carbocycles. The quantitative estimate of drug-likeness (QED) is 0.858. The smallest absolute Gasteiger partial charge is 0.141 e. The van der Waals surface area contributed by atoms with Gasteiger partial charge < -0.3 is 5.11 Å². The summed E-state index contributed by atoms with van der Waals surface area (Å²) in [6.07, 6.45) is -0.783. The lowest BCUT2D eigenvalue weighted by Gasteiger charge is -2.14. The van der Waals surface area contributed by atoms with Crippen molar-refractivity contribution in [2.45, 2.75) is 13.0 Å². The Morgan fingerprint density at radius 1 is 1.18 bits per heavy atom. The van der Waals surface area contributed by atoms with E-state index in [0.717, 1.165) is 11.1 Å². The van der Waals surface area contributed by atoms with E-state index >= 15 is 0 Å². The van der Waals surface area contributed by atoms with E-state index in [0.29, 0.717) is 5.56 Å². The third-order valence-corrected chi connectivity index (χ3v) is 3.03. The first-order valence-electron chi connectivity index (χ1n) is 5.28. The van der Waals surface area contributed by atoms with Crippen molar-refractivity contribution in [1.29, 1.82) is 0 Å². The van der Waals surface area contributed by atoms with Crippen molar-refractivity contribution in [2.24, 2.45) is 0 Å². The molecule has 1 unspecified atom stereocenters. The van der Waals surface area contributed by atoms with Crippen LogP contribution in [0, 0.1) is 12.7 Å². The van der Waals surface area contributed by atoms with Crippen LogP contribution in [0.3, 0.4) is 0 Å². The first-order chi connectivity index (χ1) is 8.09. The summed E-state index contributed by atoms with van der Waals surface area (Å²) in [5, 5.41) is 10.2. The van der Waals surface area contributed by atoms with Crippen molar-refractivity contribution in [3.05, 3.63) is 70.0 Å². The predicted molar refractivity (Wildman–Crippen MR) is 66.7 cm³/mol. The van der Waals surface area contributed by atoms with Gasteiger partial charge in [0.1, 0.15) is 11.9 Å². The largest absolute Gasteiger partial charge is 0.384 e. The van der Waals surface area contributed by atoms with Crippen molar-refractivity contribution in [3.8, 4) is 0 Å². The first-order valence-corrected chi connectivity index (χ1v) is 5.66. The highest BCUT2D eigenvalue weighted by Gasteiger charge is 2.13. The Morgan fingerprint density at radius 3 is 2.53 bits per heavy atom. The molecule has 3 heteroatoms. The molecule has 0 aliphatic heterocycles. The van der Waals surface area contributed by atoms with Crippen LogP contribution in [0.5, 0.6) is 0 Å². The maximum atomic E-state index is 13.0. The van der Waals surface area contributed by atoms with Crippen molar-refractivity contribution in [3.63, 3.8) is 0 Å². The molecule has 0 aromatic heterocycles. The van der Waals surface area contributed by atoms with Gasteiger partial charge >= 0.3 is 0 Å². The molecule has 0 saturated carbocycles. The summed E-state index contributed by atoms with van der Waals surface area (Å²) in [6, 6.07) is 11.8. The Morgan fingerprint density at radius 2 is 1.88 bits per heavy atom. The summed E-state index contributed by atoms with van der Waals surface area (Å²) in [5.41, 5.74) is 2.38. The molecule has 2 aromatic carbocycles. The fourth-order valence-corrected chi connectivity index (χ4v) is 1.94. The van der Waals surface area contributed by atoms with E-state index in [1.54, 1.807) is 6.07 Å². The highest BCUT2D eigenvalue weighted by molar-refractivity contribution is 6.30. The maximum Gasteiger partial charge on any atom is 0.141 e. The highest BCUT2D eigenvalue weighted by atomic mass is 35.5. The monoisotopic (exact) mass is 250 g/mol. The van der Waals surface area contributed by atoms with Gasteiger partial charge in [-0.3, -0.25) is 0 Å². The van der Waals surface area contributed by atoms with Gasteiger partial charge in [0.15, 0.2) is 0 Å². The molecule has 1 N–H and O–H groups in total. The van der Waals surface area contributed by atoms with Crippen LogP contribution in [0.4, 0.5) is 4.39 Å². The van der Waals surface area contributed by atoms with Crippen LogP contribution < -0.4 is 0 Å².